The SMILES string of the molecule is N#CC(C(=O)c1c(F)cccc1Br)c1c(Cl)cccc1Cl. The van der Waals surface area contributed by atoms with Gasteiger partial charge in [-0.05, 0) is 40.2 Å². The van der Waals surface area contributed by atoms with Crippen molar-refractivity contribution in [3.05, 3.63) is 67.9 Å². The van der Waals surface area contributed by atoms with Crippen molar-refractivity contribution in [2.45, 2.75) is 5.92 Å². The van der Waals surface area contributed by atoms with Crippen LogP contribution in [0.5, 0.6) is 0 Å². The van der Waals surface area contributed by atoms with Gasteiger partial charge in [-0.1, -0.05) is 35.3 Å². The van der Waals surface area contributed by atoms with Gasteiger partial charge in [0, 0.05) is 20.1 Å². The molecular weight excluding hydrogens is 380 g/mol. The smallest absolute Gasteiger partial charge is 0.188 e. The molecule has 1 atom stereocenters. The molecule has 106 valence electrons. The summed E-state index contributed by atoms with van der Waals surface area (Å²) >= 11 is 15.2. The van der Waals surface area contributed by atoms with Crippen LogP contribution in [0.25, 0.3) is 0 Å². The zero-order valence-electron chi connectivity index (χ0n) is 10.4. The van der Waals surface area contributed by atoms with Gasteiger partial charge in [0.1, 0.15) is 11.7 Å². The first-order valence-electron chi connectivity index (χ1n) is 5.79. The van der Waals surface area contributed by atoms with Crippen molar-refractivity contribution < 1.29 is 9.18 Å². The highest BCUT2D eigenvalue weighted by Gasteiger charge is 2.29. The van der Waals surface area contributed by atoms with Crippen molar-refractivity contribution >= 4 is 44.9 Å². The van der Waals surface area contributed by atoms with E-state index in [-0.39, 0.29) is 25.6 Å². The van der Waals surface area contributed by atoms with Crippen molar-refractivity contribution in [2.24, 2.45) is 0 Å². The largest absolute Gasteiger partial charge is 0.292 e. The minimum absolute atomic E-state index is 0.184. The Morgan fingerprint density at radius 2 is 1.76 bits per heavy atom. The maximum atomic E-state index is 13.9. The van der Waals surface area contributed by atoms with Crippen LogP contribution in [0, 0.1) is 17.1 Å². The fraction of sp³-hybridized carbons (Fsp3) is 0.0667. The normalized spacial score (nSPS) is 11.8. The molecule has 2 aromatic carbocycles. The maximum absolute atomic E-state index is 13.9. The van der Waals surface area contributed by atoms with E-state index in [1.807, 2.05) is 6.07 Å². The Kier molecular flexibility index (Phi) is 5.00. The third kappa shape index (κ3) is 3.11. The summed E-state index contributed by atoms with van der Waals surface area (Å²) in [5, 5.41) is 9.70. The number of ketones is 1. The first kappa shape index (κ1) is 16.0. The van der Waals surface area contributed by atoms with Gasteiger partial charge in [0.05, 0.1) is 11.6 Å². The molecule has 2 aromatic rings. The van der Waals surface area contributed by atoms with Crippen molar-refractivity contribution in [2.75, 3.05) is 0 Å². The van der Waals surface area contributed by atoms with E-state index in [1.54, 1.807) is 6.07 Å². The summed E-state index contributed by atoms with van der Waals surface area (Å²) in [5.41, 5.74) is -0.0106. The Balaban J connectivity index is 2.58. The second-order valence-electron chi connectivity index (χ2n) is 4.16. The lowest BCUT2D eigenvalue weighted by Gasteiger charge is -2.13. The summed E-state index contributed by atoms with van der Waals surface area (Å²) in [5.74, 6) is -2.69. The quantitative estimate of drug-likeness (QED) is 0.664. The van der Waals surface area contributed by atoms with Crippen LogP contribution in [0.4, 0.5) is 4.39 Å². The monoisotopic (exact) mass is 385 g/mol. The number of carbonyl (C=O) groups is 1. The molecule has 1 unspecified atom stereocenters. The molecule has 0 radical (unpaired) electrons. The summed E-state index contributed by atoms with van der Waals surface area (Å²) in [6.07, 6.45) is 0. The van der Waals surface area contributed by atoms with Crippen molar-refractivity contribution in [1.82, 2.24) is 0 Å². The Hall–Kier alpha value is -1.41. The highest BCUT2D eigenvalue weighted by molar-refractivity contribution is 9.10. The van der Waals surface area contributed by atoms with E-state index in [9.17, 15) is 14.4 Å². The van der Waals surface area contributed by atoms with Crippen LogP contribution < -0.4 is 0 Å². The predicted molar refractivity (Wildman–Crippen MR) is 83.2 cm³/mol. The van der Waals surface area contributed by atoms with E-state index in [0.29, 0.717) is 0 Å². The molecule has 0 N–H and O–H groups in total. The number of nitrogens with zero attached hydrogens (tertiary/aromatic N) is 1. The summed E-state index contributed by atoms with van der Waals surface area (Å²) in [6.45, 7) is 0. The highest BCUT2D eigenvalue weighted by atomic mass is 79.9. The summed E-state index contributed by atoms with van der Waals surface area (Å²) < 4.78 is 14.2. The lowest BCUT2D eigenvalue weighted by Crippen LogP contribution is -2.14. The van der Waals surface area contributed by atoms with E-state index >= 15 is 0 Å². The second-order valence-corrected chi connectivity index (χ2v) is 5.83. The van der Waals surface area contributed by atoms with Gasteiger partial charge in [-0.2, -0.15) is 5.26 Å². The lowest BCUT2D eigenvalue weighted by atomic mass is 9.91. The molecule has 0 aliphatic carbocycles. The van der Waals surface area contributed by atoms with Crippen molar-refractivity contribution in [1.29, 1.82) is 5.26 Å². The minimum atomic E-state index is -1.28. The van der Waals surface area contributed by atoms with Gasteiger partial charge in [0.2, 0.25) is 0 Å². The first-order chi connectivity index (χ1) is 9.97. The van der Waals surface area contributed by atoms with Crippen LogP contribution in [0.3, 0.4) is 0 Å². The van der Waals surface area contributed by atoms with Gasteiger partial charge in [-0.15, -0.1) is 0 Å². The lowest BCUT2D eigenvalue weighted by molar-refractivity contribution is 0.0974. The summed E-state index contributed by atoms with van der Waals surface area (Å²) in [6, 6.07) is 10.6. The number of nitriles is 1. The van der Waals surface area contributed by atoms with E-state index in [0.717, 1.165) is 6.07 Å². The molecule has 2 nitrogen and oxygen atoms in total. The summed E-state index contributed by atoms with van der Waals surface area (Å²) in [4.78, 5) is 12.5. The van der Waals surface area contributed by atoms with Gasteiger partial charge < -0.3 is 0 Å². The van der Waals surface area contributed by atoms with E-state index < -0.39 is 17.5 Å². The standard InChI is InChI=1S/C15H7BrCl2FNO/c16-9-3-1-6-12(19)14(9)15(21)8(7-20)13-10(17)4-2-5-11(13)18/h1-6,8H. The fourth-order valence-electron chi connectivity index (χ4n) is 1.92. The third-order valence-corrected chi connectivity index (χ3v) is 4.21. The molecule has 0 saturated heterocycles. The molecule has 0 aromatic heterocycles. The van der Waals surface area contributed by atoms with Gasteiger partial charge in [-0.25, -0.2) is 4.39 Å². The van der Waals surface area contributed by atoms with Gasteiger partial charge in [0.15, 0.2) is 5.78 Å². The molecule has 0 fully saturated rings. The number of Topliss-reactive ketones (excluding diaryl/α,β-unsaturated/α-hetero) is 1. The molecule has 0 bridgehead atoms. The third-order valence-electron chi connectivity index (χ3n) is 2.89. The van der Waals surface area contributed by atoms with Crippen LogP contribution in [0.1, 0.15) is 21.8 Å². The predicted octanol–water partition coefficient (Wildman–Crippen LogP) is 5.39. The Labute approximate surface area is 139 Å². The van der Waals surface area contributed by atoms with Crippen LogP contribution in [-0.4, -0.2) is 5.78 Å². The number of carbonyl (C=O) groups excluding carboxylic acids is 1. The molecule has 0 spiro atoms. The van der Waals surface area contributed by atoms with E-state index in [4.69, 9.17) is 23.2 Å². The molecule has 2 rings (SSSR count). The number of benzene rings is 2. The molecule has 0 saturated carbocycles. The Morgan fingerprint density at radius 1 is 1.19 bits per heavy atom. The van der Waals surface area contributed by atoms with Crippen LogP contribution in [0.2, 0.25) is 10.0 Å². The first-order valence-corrected chi connectivity index (χ1v) is 7.34. The fourth-order valence-corrected chi connectivity index (χ4v) is 3.07. The zero-order chi connectivity index (χ0) is 15.6. The molecular formula is C15H7BrCl2FNO. The van der Waals surface area contributed by atoms with E-state index in [1.165, 1.54) is 24.3 Å². The van der Waals surface area contributed by atoms with Gasteiger partial charge in [-0.3, -0.25) is 4.79 Å². The number of rotatable bonds is 3. The molecule has 6 heteroatoms. The average Bonchev–Trinajstić information content (AvgIpc) is 2.42. The molecule has 0 amide bonds. The molecule has 0 aliphatic rings. The Morgan fingerprint density at radius 3 is 2.29 bits per heavy atom. The van der Waals surface area contributed by atoms with Gasteiger partial charge >= 0.3 is 0 Å². The van der Waals surface area contributed by atoms with Crippen molar-refractivity contribution in [3.63, 3.8) is 0 Å². The zero-order valence-corrected chi connectivity index (χ0v) is 13.5. The molecule has 0 heterocycles. The molecule has 0 aliphatic heterocycles. The average molecular weight is 387 g/mol. The number of hydrogen-bond donors (Lipinski definition) is 0. The number of halogens is 4. The van der Waals surface area contributed by atoms with Crippen LogP contribution >= 0.6 is 39.1 Å². The van der Waals surface area contributed by atoms with Crippen LogP contribution in [-0.2, 0) is 0 Å². The summed E-state index contributed by atoms with van der Waals surface area (Å²) in [7, 11) is 0. The minimum Gasteiger partial charge on any atom is -0.292 e. The van der Waals surface area contributed by atoms with Gasteiger partial charge in [0.25, 0.3) is 0 Å². The Bertz CT molecular complexity index is 717. The number of hydrogen-bond acceptors (Lipinski definition) is 2. The highest BCUT2D eigenvalue weighted by Crippen LogP contribution is 2.35. The van der Waals surface area contributed by atoms with Crippen molar-refractivity contribution in [3.8, 4) is 6.07 Å². The molecule has 21 heavy (non-hydrogen) atoms. The van der Waals surface area contributed by atoms with E-state index in [2.05, 4.69) is 15.9 Å². The maximum Gasteiger partial charge on any atom is 0.188 e. The van der Waals surface area contributed by atoms with Crippen LogP contribution in [0.15, 0.2) is 40.9 Å². The second kappa shape index (κ2) is 6.57. The topological polar surface area (TPSA) is 40.9 Å².